The molecule has 0 radical (unpaired) electrons. The zero-order chi connectivity index (χ0) is 21.7. The van der Waals surface area contributed by atoms with Crippen LogP contribution in [0.25, 0.3) is 10.2 Å². The first-order valence-electron chi connectivity index (χ1n) is 9.41. The zero-order valence-corrected chi connectivity index (χ0v) is 17.0. The number of thiazole rings is 1. The van der Waals surface area contributed by atoms with Crippen LogP contribution < -0.4 is 4.90 Å². The topological polar surface area (TPSA) is 83.6 Å². The zero-order valence-electron chi connectivity index (χ0n) is 16.2. The fraction of sp³-hybridized carbons (Fsp3) is 0.0870. The number of fused-ring (bicyclic) bond motifs is 1. The quantitative estimate of drug-likeness (QED) is 0.451. The number of Topliss-reactive ketones (excluding diaryl/α,β-unsaturated/α-hetero) is 1. The SMILES string of the molecule is Cc1ccc(C(=O)C2=C(O)C(=O)N(c3ccc4ncsc4c3)C2c2ccccc2F)o1. The fourth-order valence-electron chi connectivity index (χ4n) is 3.78. The molecule has 1 atom stereocenters. The molecular formula is C23H15FN2O4S. The van der Waals surface area contributed by atoms with E-state index in [1.807, 2.05) is 0 Å². The number of aliphatic hydroxyl groups is 1. The van der Waals surface area contributed by atoms with Crippen molar-refractivity contribution >= 4 is 38.9 Å². The number of furan rings is 1. The molecule has 3 heterocycles. The Morgan fingerprint density at radius 1 is 1.19 bits per heavy atom. The first kappa shape index (κ1) is 19.2. The van der Waals surface area contributed by atoms with Crippen molar-refractivity contribution in [1.29, 1.82) is 0 Å². The van der Waals surface area contributed by atoms with Gasteiger partial charge >= 0.3 is 0 Å². The molecule has 1 amide bonds. The number of nitrogens with zero attached hydrogens (tertiary/aromatic N) is 2. The summed E-state index contributed by atoms with van der Waals surface area (Å²) in [7, 11) is 0. The highest BCUT2D eigenvalue weighted by Gasteiger charge is 2.46. The van der Waals surface area contributed by atoms with Crippen LogP contribution in [0.5, 0.6) is 0 Å². The number of hydrogen-bond acceptors (Lipinski definition) is 6. The minimum Gasteiger partial charge on any atom is -0.503 e. The maximum Gasteiger partial charge on any atom is 0.294 e. The highest BCUT2D eigenvalue weighted by atomic mass is 32.1. The Balaban J connectivity index is 1.70. The number of carbonyl (C=O) groups is 2. The Kier molecular flexibility index (Phi) is 4.44. The van der Waals surface area contributed by atoms with Gasteiger partial charge in [-0.3, -0.25) is 14.5 Å². The van der Waals surface area contributed by atoms with Gasteiger partial charge in [-0.25, -0.2) is 9.37 Å². The van der Waals surface area contributed by atoms with Gasteiger partial charge in [-0.1, -0.05) is 18.2 Å². The number of aryl methyl sites for hydroxylation is 1. The predicted molar refractivity (Wildman–Crippen MR) is 114 cm³/mol. The summed E-state index contributed by atoms with van der Waals surface area (Å²) in [4.78, 5) is 31.8. The Morgan fingerprint density at radius 2 is 2.00 bits per heavy atom. The van der Waals surface area contributed by atoms with Crippen LogP contribution in [0, 0.1) is 12.7 Å². The first-order chi connectivity index (χ1) is 15.0. The van der Waals surface area contributed by atoms with E-state index >= 15 is 0 Å². The van der Waals surface area contributed by atoms with Crippen LogP contribution in [0.2, 0.25) is 0 Å². The van der Waals surface area contributed by atoms with E-state index in [9.17, 15) is 19.1 Å². The molecule has 0 bridgehead atoms. The second kappa shape index (κ2) is 7.17. The number of benzene rings is 2. The minimum atomic E-state index is -1.16. The monoisotopic (exact) mass is 434 g/mol. The Bertz CT molecular complexity index is 1390. The number of hydrogen-bond donors (Lipinski definition) is 1. The molecule has 8 heteroatoms. The van der Waals surface area contributed by atoms with Crippen molar-refractivity contribution in [3.8, 4) is 0 Å². The van der Waals surface area contributed by atoms with E-state index in [4.69, 9.17) is 4.42 Å². The molecule has 0 saturated heterocycles. The van der Waals surface area contributed by atoms with Crippen LogP contribution in [0.3, 0.4) is 0 Å². The highest BCUT2D eigenvalue weighted by Crippen LogP contribution is 2.43. The van der Waals surface area contributed by atoms with E-state index in [0.29, 0.717) is 11.4 Å². The third-order valence-corrected chi connectivity index (χ3v) is 6.00. The molecule has 1 unspecified atom stereocenters. The predicted octanol–water partition coefficient (Wildman–Crippen LogP) is 5.12. The lowest BCUT2D eigenvalue weighted by molar-refractivity contribution is -0.117. The summed E-state index contributed by atoms with van der Waals surface area (Å²) in [6, 6.07) is 12.9. The molecule has 2 aromatic carbocycles. The number of rotatable bonds is 4. The Labute approximate surface area is 179 Å². The number of anilines is 1. The molecule has 5 rings (SSSR count). The highest BCUT2D eigenvalue weighted by molar-refractivity contribution is 7.16. The normalized spacial score (nSPS) is 16.5. The van der Waals surface area contributed by atoms with Crippen molar-refractivity contribution in [2.75, 3.05) is 4.90 Å². The molecule has 0 fully saturated rings. The lowest BCUT2D eigenvalue weighted by Crippen LogP contribution is -2.31. The summed E-state index contributed by atoms with van der Waals surface area (Å²) in [6.45, 7) is 1.68. The second-order valence-electron chi connectivity index (χ2n) is 7.11. The first-order valence-corrected chi connectivity index (χ1v) is 10.3. The molecule has 154 valence electrons. The Morgan fingerprint density at radius 3 is 2.74 bits per heavy atom. The van der Waals surface area contributed by atoms with Gasteiger partial charge in [0.25, 0.3) is 5.91 Å². The molecule has 0 spiro atoms. The van der Waals surface area contributed by atoms with E-state index in [-0.39, 0.29) is 16.9 Å². The summed E-state index contributed by atoms with van der Waals surface area (Å²) >= 11 is 1.39. The minimum absolute atomic E-state index is 0.0343. The average Bonchev–Trinajstić information content (AvgIpc) is 3.46. The van der Waals surface area contributed by atoms with Crippen LogP contribution in [0.1, 0.15) is 27.9 Å². The van der Waals surface area contributed by atoms with Gasteiger partial charge in [-0.2, -0.15) is 0 Å². The van der Waals surface area contributed by atoms with E-state index in [0.717, 1.165) is 10.2 Å². The van der Waals surface area contributed by atoms with Crippen LogP contribution in [-0.2, 0) is 4.79 Å². The van der Waals surface area contributed by atoms with Crippen molar-refractivity contribution in [1.82, 2.24) is 4.98 Å². The van der Waals surface area contributed by atoms with E-state index < -0.39 is 29.3 Å². The van der Waals surface area contributed by atoms with Gasteiger partial charge in [0.15, 0.2) is 11.5 Å². The molecular weight excluding hydrogens is 419 g/mol. The van der Waals surface area contributed by atoms with Crippen LogP contribution >= 0.6 is 11.3 Å². The van der Waals surface area contributed by atoms with E-state index in [1.165, 1.54) is 40.5 Å². The van der Waals surface area contributed by atoms with Crippen molar-refractivity contribution in [3.63, 3.8) is 0 Å². The largest absolute Gasteiger partial charge is 0.503 e. The number of carbonyl (C=O) groups excluding carboxylic acids is 2. The molecule has 6 nitrogen and oxygen atoms in total. The van der Waals surface area contributed by atoms with Crippen LogP contribution in [0.15, 0.2) is 75.9 Å². The average molecular weight is 434 g/mol. The van der Waals surface area contributed by atoms with Gasteiger partial charge in [-0.05, 0) is 43.3 Å². The van der Waals surface area contributed by atoms with Crippen molar-refractivity contribution in [2.24, 2.45) is 0 Å². The van der Waals surface area contributed by atoms with Gasteiger partial charge < -0.3 is 9.52 Å². The van der Waals surface area contributed by atoms with Gasteiger partial charge in [0.2, 0.25) is 5.78 Å². The fourth-order valence-corrected chi connectivity index (χ4v) is 4.49. The molecule has 1 aliphatic heterocycles. The Hall–Kier alpha value is -3.78. The standard InChI is InChI=1S/C23H15FN2O4S/c1-12-6-9-17(30-12)21(27)19-20(14-4-2-3-5-15(14)24)26(23(29)22(19)28)13-7-8-16-18(10-13)31-11-25-16/h2-11,20,28H,1H3. The second-order valence-corrected chi connectivity index (χ2v) is 7.99. The summed E-state index contributed by atoms with van der Waals surface area (Å²) in [5, 5.41) is 10.7. The molecule has 0 aliphatic carbocycles. The number of aromatic nitrogens is 1. The van der Waals surface area contributed by atoms with Gasteiger partial charge in [0.05, 0.1) is 27.3 Å². The third kappa shape index (κ3) is 3.03. The van der Waals surface area contributed by atoms with Gasteiger partial charge in [0, 0.05) is 11.3 Å². The summed E-state index contributed by atoms with van der Waals surface area (Å²) in [5.74, 6) is -2.32. The molecule has 4 aromatic rings. The molecule has 2 aromatic heterocycles. The van der Waals surface area contributed by atoms with E-state index in [1.54, 1.807) is 42.8 Å². The summed E-state index contributed by atoms with van der Waals surface area (Å²) in [6.07, 6.45) is 0. The maximum absolute atomic E-state index is 14.8. The molecule has 0 saturated carbocycles. The molecule has 1 N–H and O–H groups in total. The molecule has 1 aliphatic rings. The van der Waals surface area contributed by atoms with Crippen molar-refractivity contribution < 1.29 is 23.5 Å². The van der Waals surface area contributed by atoms with Crippen molar-refractivity contribution in [2.45, 2.75) is 13.0 Å². The maximum atomic E-state index is 14.8. The number of halogens is 1. The van der Waals surface area contributed by atoms with Crippen LogP contribution in [0.4, 0.5) is 10.1 Å². The van der Waals surface area contributed by atoms with E-state index in [2.05, 4.69) is 4.98 Å². The van der Waals surface area contributed by atoms with Gasteiger partial charge in [-0.15, -0.1) is 11.3 Å². The lowest BCUT2D eigenvalue weighted by atomic mass is 9.94. The summed E-state index contributed by atoms with van der Waals surface area (Å²) in [5.41, 5.74) is 2.71. The number of aliphatic hydroxyl groups excluding tert-OH is 1. The number of amides is 1. The smallest absolute Gasteiger partial charge is 0.294 e. The van der Waals surface area contributed by atoms with Crippen LogP contribution in [-0.4, -0.2) is 21.8 Å². The third-order valence-electron chi connectivity index (χ3n) is 5.21. The number of ketones is 1. The van der Waals surface area contributed by atoms with Crippen molar-refractivity contribution in [3.05, 3.63) is 94.3 Å². The van der Waals surface area contributed by atoms with Gasteiger partial charge in [0.1, 0.15) is 11.6 Å². The summed E-state index contributed by atoms with van der Waals surface area (Å²) < 4.78 is 21.1. The lowest BCUT2D eigenvalue weighted by Gasteiger charge is -2.27. The molecule has 31 heavy (non-hydrogen) atoms.